The molecule has 0 saturated heterocycles. The highest BCUT2D eigenvalue weighted by Gasteiger charge is 2.17. The maximum atomic E-state index is 11.7. The van der Waals surface area contributed by atoms with Gasteiger partial charge in [0.05, 0.1) is 6.61 Å². The molecule has 21 heavy (non-hydrogen) atoms. The van der Waals surface area contributed by atoms with Crippen molar-refractivity contribution in [3.63, 3.8) is 0 Å². The Hall–Kier alpha value is -1.55. The largest absolute Gasteiger partial charge is 0.395 e. The van der Waals surface area contributed by atoms with Crippen LogP contribution in [0.5, 0.6) is 0 Å². The molecule has 1 saturated carbocycles. The van der Waals surface area contributed by atoms with E-state index in [-0.39, 0.29) is 12.5 Å². The quantitative estimate of drug-likeness (QED) is 0.755. The lowest BCUT2D eigenvalue weighted by molar-refractivity contribution is 0.0945. The van der Waals surface area contributed by atoms with E-state index in [4.69, 9.17) is 5.11 Å². The molecule has 4 nitrogen and oxygen atoms in total. The number of benzene rings is 1. The summed E-state index contributed by atoms with van der Waals surface area (Å²) in [6, 6.07) is 7.52. The van der Waals surface area contributed by atoms with Gasteiger partial charge in [-0.25, -0.2) is 0 Å². The van der Waals surface area contributed by atoms with Gasteiger partial charge in [-0.05, 0) is 48.9 Å². The zero-order chi connectivity index (χ0) is 15.1. The summed E-state index contributed by atoms with van der Waals surface area (Å²) in [5.41, 5.74) is 1.69. The smallest absolute Gasteiger partial charge is 0.251 e. The minimum atomic E-state index is -0.142. The number of hydrogen-bond donors (Lipinski definition) is 3. The Bertz CT molecular complexity index is 437. The highest BCUT2D eigenvalue weighted by atomic mass is 16.3. The van der Waals surface area contributed by atoms with Crippen LogP contribution in [0.4, 0.5) is 5.69 Å². The number of rotatable bonds is 6. The maximum Gasteiger partial charge on any atom is 0.251 e. The minimum Gasteiger partial charge on any atom is -0.395 e. The Balaban J connectivity index is 1.78. The number of carbonyl (C=O) groups excluding carboxylic acids is 1. The van der Waals surface area contributed by atoms with Crippen LogP contribution in [0, 0.1) is 11.8 Å². The second-order valence-electron chi connectivity index (χ2n) is 6.06. The molecule has 2 rings (SSSR count). The van der Waals surface area contributed by atoms with Crippen molar-refractivity contribution in [2.75, 3.05) is 25.0 Å². The molecule has 4 heteroatoms. The number of hydrogen-bond acceptors (Lipinski definition) is 3. The summed E-state index contributed by atoms with van der Waals surface area (Å²) in [7, 11) is 0. The molecular weight excluding hydrogens is 264 g/mol. The normalized spacial score (nSPS) is 21.8. The monoisotopic (exact) mass is 290 g/mol. The zero-order valence-electron chi connectivity index (χ0n) is 12.8. The van der Waals surface area contributed by atoms with Gasteiger partial charge in [-0.2, -0.15) is 0 Å². The van der Waals surface area contributed by atoms with Gasteiger partial charge in [-0.3, -0.25) is 4.79 Å². The van der Waals surface area contributed by atoms with Crippen LogP contribution in [0.2, 0.25) is 0 Å². The Morgan fingerprint density at radius 1 is 1.19 bits per heavy atom. The molecule has 0 atom stereocenters. The van der Waals surface area contributed by atoms with Crippen molar-refractivity contribution in [2.24, 2.45) is 11.8 Å². The Morgan fingerprint density at radius 3 is 2.48 bits per heavy atom. The Kier molecular flexibility index (Phi) is 6.05. The van der Waals surface area contributed by atoms with Crippen LogP contribution in [0.15, 0.2) is 24.3 Å². The van der Waals surface area contributed by atoms with Crippen molar-refractivity contribution < 1.29 is 9.90 Å². The van der Waals surface area contributed by atoms with Crippen LogP contribution in [-0.4, -0.2) is 30.7 Å². The first-order valence-corrected chi connectivity index (χ1v) is 7.92. The summed E-state index contributed by atoms with van der Waals surface area (Å²) in [6.45, 7) is 3.61. The van der Waals surface area contributed by atoms with E-state index in [0.717, 1.165) is 24.1 Å². The molecule has 0 spiro atoms. The fraction of sp³-hybridized carbons (Fsp3) is 0.588. The first kappa shape index (κ1) is 15.8. The molecule has 116 valence electrons. The number of aliphatic hydroxyl groups is 1. The number of aliphatic hydroxyl groups excluding tert-OH is 1. The first-order valence-electron chi connectivity index (χ1n) is 7.92. The summed E-state index contributed by atoms with van der Waals surface area (Å²) < 4.78 is 0. The molecule has 1 aliphatic rings. The van der Waals surface area contributed by atoms with Crippen LogP contribution in [0.1, 0.15) is 43.0 Å². The SMILES string of the molecule is CC1CCC(CNc2ccc(C(=O)NCCO)cc2)CC1. The van der Waals surface area contributed by atoms with Crippen molar-refractivity contribution in [3.05, 3.63) is 29.8 Å². The van der Waals surface area contributed by atoms with Gasteiger partial charge in [0, 0.05) is 24.3 Å². The highest BCUT2D eigenvalue weighted by Crippen LogP contribution is 2.28. The van der Waals surface area contributed by atoms with E-state index in [0.29, 0.717) is 12.1 Å². The molecule has 1 aromatic rings. The fourth-order valence-corrected chi connectivity index (χ4v) is 2.81. The lowest BCUT2D eigenvalue weighted by Crippen LogP contribution is -2.26. The maximum absolute atomic E-state index is 11.7. The van der Waals surface area contributed by atoms with Gasteiger partial charge in [0.2, 0.25) is 0 Å². The van der Waals surface area contributed by atoms with E-state index in [2.05, 4.69) is 17.6 Å². The molecule has 0 aromatic heterocycles. The van der Waals surface area contributed by atoms with E-state index in [1.807, 2.05) is 24.3 Å². The standard InChI is InChI=1S/C17H26N2O2/c1-13-2-4-14(5-3-13)12-19-16-8-6-15(7-9-16)17(21)18-10-11-20/h6-9,13-14,19-20H,2-5,10-12H2,1H3,(H,18,21). The molecule has 0 radical (unpaired) electrons. The molecule has 0 bridgehead atoms. The summed E-state index contributed by atoms with van der Waals surface area (Å²) in [5, 5.41) is 14.8. The van der Waals surface area contributed by atoms with Crippen molar-refractivity contribution in [1.82, 2.24) is 5.32 Å². The van der Waals surface area contributed by atoms with Gasteiger partial charge >= 0.3 is 0 Å². The van der Waals surface area contributed by atoms with Gasteiger partial charge in [-0.1, -0.05) is 19.8 Å². The van der Waals surface area contributed by atoms with Crippen LogP contribution in [0.25, 0.3) is 0 Å². The second-order valence-corrected chi connectivity index (χ2v) is 6.06. The summed E-state index contributed by atoms with van der Waals surface area (Å²) in [6.07, 6.45) is 5.32. The topological polar surface area (TPSA) is 61.4 Å². The van der Waals surface area contributed by atoms with Crippen molar-refractivity contribution in [1.29, 1.82) is 0 Å². The number of nitrogens with one attached hydrogen (secondary N) is 2. The lowest BCUT2D eigenvalue weighted by Gasteiger charge is -2.26. The van der Waals surface area contributed by atoms with Crippen molar-refractivity contribution in [3.8, 4) is 0 Å². The van der Waals surface area contributed by atoms with Gasteiger partial charge in [0.1, 0.15) is 0 Å². The second kappa shape index (κ2) is 8.03. The van der Waals surface area contributed by atoms with Gasteiger partial charge in [0.25, 0.3) is 5.91 Å². The molecule has 0 aliphatic heterocycles. The number of anilines is 1. The van der Waals surface area contributed by atoms with E-state index in [1.165, 1.54) is 25.7 Å². The molecule has 3 N–H and O–H groups in total. The van der Waals surface area contributed by atoms with Crippen LogP contribution in [-0.2, 0) is 0 Å². The predicted molar refractivity (Wildman–Crippen MR) is 85.5 cm³/mol. The molecule has 1 amide bonds. The van der Waals surface area contributed by atoms with Gasteiger partial charge < -0.3 is 15.7 Å². The molecule has 1 aliphatic carbocycles. The highest BCUT2D eigenvalue weighted by molar-refractivity contribution is 5.94. The van der Waals surface area contributed by atoms with Crippen LogP contribution < -0.4 is 10.6 Å². The summed E-state index contributed by atoms with van der Waals surface area (Å²) in [4.78, 5) is 11.7. The molecule has 1 aromatic carbocycles. The number of carbonyl (C=O) groups is 1. The lowest BCUT2D eigenvalue weighted by atomic mass is 9.83. The fourth-order valence-electron chi connectivity index (χ4n) is 2.81. The van der Waals surface area contributed by atoms with Crippen molar-refractivity contribution in [2.45, 2.75) is 32.6 Å². The van der Waals surface area contributed by atoms with E-state index < -0.39 is 0 Å². The molecule has 0 unspecified atom stereocenters. The van der Waals surface area contributed by atoms with E-state index in [9.17, 15) is 4.79 Å². The molecular formula is C17H26N2O2. The molecule has 1 fully saturated rings. The third-order valence-corrected chi connectivity index (χ3v) is 4.27. The van der Waals surface area contributed by atoms with Gasteiger partial charge in [0.15, 0.2) is 0 Å². The summed E-state index contributed by atoms with van der Waals surface area (Å²) >= 11 is 0. The average molecular weight is 290 g/mol. The van der Waals surface area contributed by atoms with Crippen molar-refractivity contribution >= 4 is 11.6 Å². The van der Waals surface area contributed by atoms with Crippen LogP contribution >= 0.6 is 0 Å². The number of amides is 1. The van der Waals surface area contributed by atoms with Gasteiger partial charge in [-0.15, -0.1) is 0 Å². The average Bonchev–Trinajstić information content (AvgIpc) is 2.52. The third-order valence-electron chi connectivity index (χ3n) is 4.27. The van der Waals surface area contributed by atoms with E-state index in [1.54, 1.807) is 0 Å². The Labute approximate surface area is 126 Å². The van der Waals surface area contributed by atoms with E-state index >= 15 is 0 Å². The third kappa shape index (κ3) is 5.05. The zero-order valence-corrected chi connectivity index (χ0v) is 12.8. The summed E-state index contributed by atoms with van der Waals surface area (Å²) in [5.74, 6) is 1.52. The minimum absolute atomic E-state index is 0.0363. The first-order chi connectivity index (χ1) is 10.2. The Morgan fingerprint density at radius 2 is 1.86 bits per heavy atom. The van der Waals surface area contributed by atoms with Crippen LogP contribution in [0.3, 0.4) is 0 Å². The molecule has 0 heterocycles. The predicted octanol–water partition coefficient (Wildman–Crippen LogP) is 2.65.